The molecule has 0 radical (unpaired) electrons. The highest BCUT2D eigenvalue weighted by Gasteiger charge is 2.28. The minimum absolute atomic E-state index is 0.0855. The molecule has 0 bridgehead atoms. The molecule has 20 heavy (non-hydrogen) atoms. The molecule has 1 aromatic carbocycles. The number of ether oxygens (including phenoxy) is 1. The van der Waals surface area contributed by atoms with Crippen molar-refractivity contribution in [1.29, 1.82) is 0 Å². The van der Waals surface area contributed by atoms with Crippen molar-refractivity contribution in [2.24, 2.45) is 0 Å². The molecular formula is C16H24N2O2. The Labute approximate surface area is 121 Å². The molecule has 0 aromatic heterocycles. The number of rotatable bonds is 4. The van der Waals surface area contributed by atoms with Crippen molar-refractivity contribution in [3.63, 3.8) is 0 Å². The molecule has 2 atom stereocenters. The van der Waals surface area contributed by atoms with E-state index in [2.05, 4.69) is 19.2 Å². The second-order valence-corrected chi connectivity index (χ2v) is 5.49. The SMILES string of the molecule is CNc1ccc(OCC(=O)N2C(C)CCCC2C)cc1. The number of hydrogen-bond donors (Lipinski definition) is 1. The second kappa shape index (κ2) is 6.64. The lowest BCUT2D eigenvalue weighted by Gasteiger charge is -2.38. The predicted molar refractivity (Wildman–Crippen MR) is 81.1 cm³/mol. The van der Waals surface area contributed by atoms with Crippen LogP contribution in [0.4, 0.5) is 5.69 Å². The zero-order valence-electron chi connectivity index (χ0n) is 12.6. The molecule has 2 unspecified atom stereocenters. The van der Waals surface area contributed by atoms with Gasteiger partial charge in [0, 0.05) is 24.8 Å². The fraction of sp³-hybridized carbons (Fsp3) is 0.562. The molecule has 2 rings (SSSR count). The first-order valence-electron chi connectivity index (χ1n) is 7.33. The summed E-state index contributed by atoms with van der Waals surface area (Å²) in [6, 6.07) is 8.27. The summed E-state index contributed by atoms with van der Waals surface area (Å²) in [7, 11) is 1.87. The molecule has 0 spiro atoms. The van der Waals surface area contributed by atoms with Crippen molar-refractivity contribution in [3.05, 3.63) is 24.3 Å². The van der Waals surface area contributed by atoms with Gasteiger partial charge in [-0.1, -0.05) is 0 Å². The summed E-state index contributed by atoms with van der Waals surface area (Å²) in [6.45, 7) is 4.36. The van der Waals surface area contributed by atoms with Gasteiger partial charge in [-0.15, -0.1) is 0 Å². The fourth-order valence-electron chi connectivity index (χ4n) is 2.85. The van der Waals surface area contributed by atoms with Gasteiger partial charge in [0.25, 0.3) is 5.91 Å². The van der Waals surface area contributed by atoms with Crippen LogP contribution in [0.1, 0.15) is 33.1 Å². The molecule has 1 fully saturated rings. The maximum absolute atomic E-state index is 12.3. The number of carbonyl (C=O) groups excluding carboxylic acids is 1. The van der Waals surface area contributed by atoms with Crippen molar-refractivity contribution in [3.8, 4) is 5.75 Å². The smallest absolute Gasteiger partial charge is 0.260 e. The first-order valence-corrected chi connectivity index (χ1v) is 7.33. The number of benzene rings is 1. The number of hydrogen-bond acceptors (Lipinski definition) is 3. The van der Waals surface area contributed by atoms with E-state index in [0.29, 0.717) is 12.1 Å². The number of anilines is 1. The van der Waals surface area contributed by atoms with E-state index in [-0.39, 0.29) is 12.5 Å². The molecule has 1 N–H and O–H groups in total. The maximum Gasteiger partial charge on any atom is 0.260 e. The fourth-order valence-corrected chi connectivity index (χ4v) is 2.85. The van der Waals surface area contributed by atoms with E-state index >= 15 is 0 Å². The van der Waals surface area contributed by atoms with Crippen LogP contribution in [0.25, 0.3) is 0 Å². The summed E-state index contributed by atoms with van der Waals surface area (Å²) in [4.78, 5) is 14.3. The molecule has 4 heteroatoms. The van der Waals surface area contributed by atoms with E-state index in [4.69, 9.17) is 4.74 Å². The van der Waals surface area contributed by atoms with E-state index in [9.17, 15) is 4.79 Å². The molecular weight excluding hydrogens is 252 g/mol. The van der Waals surface area contributed by atoms with Crippen LogP contribution in [-0.2, 0) is 4.79 Å². The van der Waals surface area contributed by atoms with Crippen LogP contribution < -0.4 is 10.1 Å². The topological polar surface area (TPSA) is 41.6 Å². The zero-order chi connectivity index (χ0) is 14.5. The summed E-state index contributed by atoms with van der Waals surface area (Å²) in [5, 5.41) is 3.05. The van der Waals surface area contributed by atoms with Gasteiger partial charge < -0.3 is 15.0 Å². The number of amides is 1. The van der Waals surface area contributed by atoms with Crippen molar-refractivity contribution in [2.75, 3.05) is 19.0 Å². The zero-order valence-corrected chi connectivity index (χ0v) is 12.6. The Morgan fingerprint density at radius 2 is 1.85 bits per heavy atom. The molecule has 1 aliphatic rings. The number of likely N-dealkylation sites (tertiary alicyclic amines) is 1. The van der Waals surface area contributed by atoms with Crippen molar-refractivity contribution in [2.45, 2.75) is 45.2 Å². The summed E-state index contributed by atoms with van der Waals surface area (Å²) in [5.74, 6) is 0.817. The Balaban J connectivity index is 1.90. The van der Waals surface area contributed by atoms with Gasteiger partial charge in [0.15, 0.2) is 6.61 Å². The van der Waals surface area contributed by atoms with Gasteiger partial charge in [0.1, 0.15) is 5.75 Å². The molecule has 110 valence electrons. The maximum atomic E-state index is 12.3. The quantitative estimate of drug-likeness (QED) is 0.919. The molecule has 0 saturated carbocycles. The van der Waals surface area contributed by atoms with Crippen LogP contribution in [0.2, 0.25) is 0 Å². The molecule has 1 saturated heterocycles. The lowest BCUT2D eigenvalue weighted by atomic mass is 9.97. The van der Waals surface area contributed by atoms with E-state index in [1.54, 1.807) is 0 Å². The summed E-state index contributed by atoms with van der Waals surface area (Å²) >= 11 is 0. The van der Waals surface area contributed by atoms with Crippen molar-refractivity contribution in [1.82, 2.24) is 4.90 Å². The highest BCUT2D eigenvalue weighted by Crippen LogP contribution is 2.23. The summed E-state index contributed by atoms with van der Waals surface area (Å²) in [6.07, 6.45) is 3.39. The number of nitrogens with zero attached hydrogens (tertiary/aromatic N) is 1. The monoisotopic (exact) mass is 276 g/mol. The predicted octanol–water partition coefficient (Wildman–Crippen LogP) is 2.90. The second-order valence-electron chi connectivity index (χ2n) is 5.49. The Kier molecular flexibility index (Phi) is 4.88. The van der Waals surface area contributed by atoms with Crippen LogP contribution in [0.15, 0.2) is 24.3 Å². The van der Waals surface area contributed by atoms with Crippen molar-refractivity contribution >= 4 is 11.6 Å². The van der Waals surface area contributed by atoms with Gasteiger partial charge in [-0.3, -0.25) is 4.79 Å². The average Bonchev–Trinajstić information content (AvgIpc) is 2.45. The highest BCUT2D eigenvalue weighted by atomic mass is 16.5. The van der Waals surface area contributed by atoms with Gasteiger partial charge in [0.05, 0.1) is 0 Å². The van der Waals surface area contributed by atoms with Crippen LogP contribution >= 0.6 is 0 Å². The third-order valence-corrected chi connectivity index (χ3v) is 3.99. The molecule has 1 amide bonds. The minimum Gasteiger partial charge on any atom is -0.484 e. The van der Waals surface area contributed by atoms with Crippen LogP contribution in [0.5, 0.6) is 5.75 Å². The van der Waals surface area contributed by atoms with Gasteiger partial charge >= 0.3 is 0 Å². The number of carbonyl (C=O) groups is 1. The van der Waals surface area contributed by atoms with Gasteiger partial charge in [-0.05, 0) is 57.4 Å². The first-order chi connectivity index (χ1) is 9.61. The summed E-state index contributed by atoms with van der Waals surface area (Å²) < 4.78 is 5.60. The van der Waals surface area contributed by atoms with Gasteiger partial charge in [-0.25, -0.2) is 0 Å². The molecule has 0 aliphatic carbocycles. The third kappa shape index (κ3) is 3.44. The molecule has 1 aliphatic heterocycles. The third-order valence-electron chi connectivity index (χ3n) is 3.99. The van der Waals surface area contributed by atoms with Crippen molar-refractivity contribution < 1.29 is 9.53 Å². The van der Waals surface area contributed by atoms with Crippen LogP contribution in [-0.4, -0.2) is 36.5 Å². The Morgan fingerprint density at radius 1 is 1.25 bits per heavy atom. The van der Waals surface area contributed by atoms with E-state index in [1.165, 1.54) is 6.42 Å². The number of nitrogens with one attached hydrogen (secondary N) is 1. The largest absolute Gasteiger partial charge is 0.484 e. The van der Waals surface area contributed by atoms with E-state index < -0.39 is 0 Å². The highest BCUT2D eigenvalue weighted by molar-refractivity contribution is 5.78. The molecule has 1 heterocycles. The lowest BCUT2D eigenvalue weighted by Crippen LogP contribution is -2.49. The Hall–Kier alpha value is -1.71. The standard InChI is InChI=1S/C16H24N2O2/c1-12-5-4-6-13(2)18(12)16(19)11-20-15-9-7-14(17-3)8-10-15/h7-10,12-13,17H,4-6,11H2,1-3H3. The average molecular weight is 276 g/mol. The van der Waals surface area contributed by atoms with E-state index in [0.717, 1.165) is 24.3 Å². The minimum atomic E-state index is 0.0855. The first kappa shape index (κ1) is 14.7. The Bertz CT molecular complexity index is 434. The molecule has 4 nitrogen and oxygen atoms in total. The van der Waals surface area contributed by atoms with Gasteiger partial charge in [-0.2, -0.15) is 0 Å². The Morgan fingerprint density at radius 3 is 2.40 bits per heavy atom. The summed E-state index contributed by atoms with van der Waals surface area (Å²) in [5.41, 5.74) is 1.03. The van der Waals surface area contributed by atoms with Crippen LogP contribution in [0.3, 0.4) is 0 Å². The number of piperidine rings is 1. The normalized spacial score (nSPS) is 22.4. The van der Waals surface area contributed by atoms with Crippen LogP contribution in [0, 0.1) is 0 Å². The molecule has 1 aromatic rings. The lowest BCUT2D eigenvalue weighted by molar-refractivity contribution is -0.139. The van der Waals surface area contributed by atoms with Gasteiger partial charge in [0.2, 0.25) is 0 Å². The van der Waals surface area contributed by atoms with E-state index in [1.807, 2.05) is 36.2 Å².